The van der Waals surface area contributed by atoms with E-state index >= 15 is 0 Å². The maximum atomic E-state index is 11.0. The molecule has 0 aliphatic carbocycles. The van der Waals surface area contributed by atoms with Gasteiger partial charge >= 0.3 is 0 Å². The summed E-state index contributed by atoms with van der Waals surface area (Å²) in [6.45, 7) is 1.33. The van der Waals surface area contributed by atoms with Gasteiger partial charge in [-0.15, -0.1) is 0 Å². The smallest absolute Gasteiger partial charge is 0.194 e. The SMILES string of the molecule is CC(=O)c1c[nH]c(N)cc1=O. The molecule has 4 nitrogen and oxygen atoms in total. The number of carbonyl (C=O) groups is 1. The highest BCUT2D eigenvalue weighted by atomic mass is 16.1. The summed E-state index contributed by atoms with van der Waals surface area (Å²) in [6, 6.07) is 1.19. The van der Waals surface area contributed by atoms with E-state index < -0.39 is 0 Å². The highest BCUT2D eigenvalue weighted by Gasteiger charge is 2.03. The van der Waals surface area contributed by atoms with Crippen molar-refractivity contribution in [3.8, 4) is 0 Å². The molecule has 0 bridgehead atoms. The second kappa shape index (κ2) is 2.57. The van der Waals surface area contributed by atoms with E-state index in [-0.39, 0.29) is 22.6 Å². The Morgan fingerprint density at radius 1 is 1.64 bits per heavy atom. The van der Waals surface area contributed by atoms with Crippen molar-refractivity contribution in [3.05, 3.63) is 28.0 Å². The topological polar surface area (TPSA) is 75.9 Å². The van der Waals surface area contributed by atoms with Crippen LogP contribution in [-0.4, -0.2) is 10.8 Å². The predicted molar refractivity (Wildman–Crippen MR) is 41.5 cm³/mol. The number of ketones is 1. The monoisotopic (exact) mass is 152 g/mol. The molecule has 1 aromatic rings. The number of anilines is 1. The molecule has 0 fully saturated rings. The summed E-state index contributed by atoms with van der Waals surface area (Å²) in [6.07, 6.45) is 1.32. The van der Waals surface area contributed by atoms with Crippen LogP contribution in [0.25, 0.3) is 0 Å². The van der Waals surface area contributed by atoms with Crippen molar-refractivity contribution in [2.24, 2.45) is 0 Å². The minimum absolute atomic E-state index is 0.138. The maximum Gasteiger partial charge on any atom is 0.194 e. The third-order valence-electron chi connectivity index (χ3n) is 1.31. The van der Waals surface area contributed by atoms with Gasteiger partial charge in [-0.1, -0.05) is 0 Å². The van der Waals surface area contributed by atoms with E-state index in [1.807, 2.05) is 0 Å². The zero-order valence-corrected chi connectivity index (χ0v) is 6.05. The fourth-order valence-electron chi connectivity index (χ4n) is 0.762. The Bertz CT molecular complexity index is 341. The van der Waals surface area contributed by atoms with Crippen LogP contribution in [0, 0.1) is 0 Å². The van der Waals surface area contributed by atoms with Crippen LogP contribution in [0.5, 0.6) is 0 Å². The summed E-state index contributed by atoms with van der Waals surface area (Å²) in [4.78, 5) is 24.3. The summed E-state index contributed by atoms with van der Waals surface area (Å²) in [5.74, 6) is 0.00579. The molecule has 1 aromatic heterocycles. The molecule has 1 heterocycles. The quantitative estimate of drug-likeness (QED) is 0.563. The molecule has 0 aromatic carbocycles. The molecule has 4 heteroatoms. The molecule has 0 amide bonds. The van der Waals surface area contributed by atoms with Crippen molar-refractivity contribution in [1.82, 2.24) is 4.98 Å². The van der Waals surface area contributed by atoms with E-state index in [4.69, 9.17) is 5.73 Å². The number of aromatic nitrogens is 1. The fourth-order valence-corrected chi connectivity index (χ4v) is 0.762. The van der Waals surface area contributed by atoms with Crippen LogP contribution in [0.15, 0.2) is 17.1 Å². The average Bonchev–Trinajstić information content (AvgIpc) is 1.85. The standard InChI is InChI=1S/C7H8N2O2/c1-4(10)5-3-9-7(8)2-6(5)11/h2-3H,1H3,(H3,8,9,11). The summed E-state index contributed by atoms with van der Waals surface area (Å²) in [5, 5.41) is 0. The first-order valence-electron chi connectivity index (χ1n) is 3.10. The lowest BCUT2D eigenvalue weighted by Gasteiger charge is -1.94. The predicted octanol–water partition coefficient (Wildman–Crippen LogP) is 0.160. The first-order valence-corrected chi connectivity index (χ1v) is 3.10. The number of H-pyrrole nitrogens is 1. The third-order valence-corrected chi connectivity index (χ3v) is 1.31. The molecular formula is C7H8N2O2. The number of nitrogens with two attached hydrogens (primary N) is 1. The molecule has 0 radical (unpaired) electrons. The molecule has 0 aliphatic heterocycles. The van der Waals surface area contributed by atoms with E-state index in [9.17, 15) is 9.59 Å². The van der Waals surface area contributed by atoms with Crippen molar-refractivity contribution in [3.63, 3.8) is 0 Å². The maximum absolute atomic E-state index is 11.0. The van der Waals surface area contributed by atoms with Crippen molar-refractivity contribution < 1.29 is 4.79 Å². The third kappa shape index (κ3) is 1.46. The number of nitrogen functional groups attached to an aromatic ring is 1. The van der Waals surface area contributed by atoms with Gasteiger partial charge in [-0.25, -0.2) is 0 Å². The second-order valence-electron chi connectivity index (χ2n) is 2.22. The van der Waals surface area contributed by atoms with E-state index in [0.29, 0.717) is 0 Å². The Labute approximate surface area is 63.0 Å². The van der Waals surface area contributed by atoms with Gasteiger partial charge in [0.05, 0.1) is 5.56 Å². The van der Waals surface area contributed by atoms with Crippen LogP contribution >= 0.6 is 0 Å². The second-order valence-corrected chi connectivity index (χ2v) is 2.22. The molecular weight excluding hydrogens is 144 g/mol. The number of Topliss-reactive ketones (excluding diaryl/α,β-unsaturated/α-hetero) is 1. The molecule has 1 rings (SSSR count). The van der Waals surface area contributed by atoms with Gasteiger partial charge < -0.3 is 10.7 Å². The molecule has 3 N–H and O–H groups in total. The van der Waals surface area contributed by atoms with Crippen molar-refractivity contribution in [2.75, 3.05) is 5.73 Å². The van der Waals surface area contributed by atoms with Crippen LogP contribution in [0.2, 0.25) is 0 Å². The van der Waals surface area contributed by atoms with Gasteiger partial charge in [0, 0.05) is 12.3 Å². The number of aromatic amines is 1. The highest BCUT2D eigenvalue weighted by molar-refractivity contribution is 5.93. The number of hydrogen-bond donors (Lipinski definition) is 2. The minimum atomic E-state index is -0.339. The molecule has 58 valence electrons. The molecule has 0 unspecified atom stereocenters. The van der Waals surface area contributed by atoms with Crippen molar-refractivity contribution in [2.45, 2.75) is 6.92 Å². The van der Waals surface area contributed by atoms with Gasteiger partial charge in [0.1, 0.15) is 5.82 Å². The fraction of sp³-hybridized carbons (Fsp3) is 0.143. The normalized spacial score (nSPS) is 9.55. The Morgan fingerprint density at radius 3 is 2.73 bits per heavy atom. The average molecular weight is 152 g/mol. The van der Waals surface area contributed by atoms with Gasteiger partial charge in [-0.3, -0.25) is 9.59 Å². The summed E-state index contributed by atoms with van der Waals surface area (Å²) < 4.78 is 0. The summed E-state index contributed by atoms with van der Waals surface area (Å²) in [7, 11) is 0. The van der Waals surface area contributed by atoms with Gasteiger partial charge in [-0.05, 0) is 6.92 Å². The van der Waals surface area contributed by atoms with Crippen molar-refractivity contribution >= 4 is 11.6 Å². The van der Waals surface area contributed by atoms with Crippen LogP contribution in [0.4, 0.5) is 5.82 Å². The zero-order valence-electron chi connectivity index (χ0n) is 6.05. The number of carbonyl (C=O) groups excluding carboxylic acids is 1. The lowest BCUT2D eigenvalue weighted by molar-refractivity contribution is 0.101. The van der Waals surface area contributed by atoms with Crippen LogP contribution in [0.1, 0.15) is 17.3 Å². The van der Waals surface area contributed by atoms with Gasteiger partial charge in [-0.2, -0.15) is 0 Å². The van der Waals surface area contributed by atoms with Crippen LogP contribution < -0.4 is 11.2 Å². The Morgan fingerprint density at radius 2 is 2.27 bits per heavy atom. The Balaban J connectivity index is 3.32. The lowest BCUT2D eigenvalue weighted by atomic mass is 10.2. The number of rotatable bonds is 1. The lowest BCUT2D eigenvalue weighted by Crippen LogP contribution is -2.13. The first kappa shape index (κ1) is 7.53. The van der Waals surface area contributed by atoms with E-state index in [1.165, 1.54) is 19.2 Å². The van der Waals surface area contributed by atoms with Gasteiger partial charge in [0.2, 0.25) is 0 Å². The van der Waals surface area contributed by atoms with E-state index in [0.717, 1.165) is 0 Å². The molecule has 0 aliphatic rings. The van der Waals surface area contributed by atoms with Crippen LogP contribution in [-0.2, 0) is 0 Å². The zero-order chi connectivity index (χ0) is 8.43. The minimum Gasteiger partial charge on any atom is -0.385 e. The molecule has 0 spiro atoms. The highest BCUT2D eigenvalue weighted by Crippen LogP contribution is 1.94. The molecule has 0 saturated carbocycles. The Kier molecular flexibility index (Phi) is 1.76. The number of hydrogen-bond acceptors (Lipinski definition) is 3. The van der Waals surface area contributed by atoms with Gasteiger partial charge in [0.15, 0.2) is 11.2 Å². The molecule has 11 heavy (non-hydrogen) atoms. The number of nitrogens with one attached hydrogen (secondary N) is 1. The Hall–Kier alpha value is -1.58. The first-order chi connectivity index (χ1) is 5.11. The largest absolute Gasteiger partial charge is 0.385 e. The van der Waals surface area contributed by atoms with Gasteiger partial charge in [0.25, 0.3) is 0 Å². The molecule has 0 atom stereocenters. The van der Waals surface area contributed by atoms with E-state index in [2.05, 4.69) is 4.98 Å². The summed E-state index contributed by atoms with van der Waals surface area (Å²) >= 11 is 0. The van der Waals surface area contributed by atoms with Crippen molar-refractivity contribution in [1.29, 1.82) is 0 Å². The number of pyridine rings is 1. The van der Waals surface area contributed by atoms with Crippen LogP contribution in [0.3, 0.4) is 0 Å². The molecule has 0 saturated heterocycles. The summed E-state index contributed by atoms with van der Waals surface area (Å²) in [5.41, 5.74) is 5.06. The van der Waals surface area contributed by atoms with E-state index in [1.54, 1.807) is 0 Å².